The van der Waals surface area contributed by atoms with Gasteiger partial charge in [-0.1, -0.05) is 0 Å². The number of aliphatic imine (C=N–C) groups is 1. The lowest BCUT2D eigenvalue weighted by atomic mass is 10.2. The molecule has 0 heterocycles. The molecule has 4 heteroatoms. The van der Waals surface area contributed by atoms with Crippen LogP contribution < -0.4 is 5.73 Å². The van der Waals surface area contributed by atoms with Crippen molar-refractivity contribution in [3.05, 3.63) is 29.8 Å². The summed E-state index contributed by atoms with van der Waals surface area (Å²) in [5, 5.41) is 0. The fourth-order valence-corrected chi connectivity index (χ4v) is 0.894. The number of carbonyl (C=O) groups excluding carboxylic acids is 1. The van der Waals surface area contributed by atoms with E-state index in [0.717, 1.165) is 5.69 Å². The maximum absolute atomic E-state index is 10.8. The number of hydrogen-bond acceptors (Lipinski definition) is 2. The molecule has 1 rings (SSSR count). The SMILES string of the molecule is CN(C)C=Nc1ccc(C(N)=O)cc1. The Morgan fingerprint density at radius 2 is 1.93 bits per heavy atom. The van der Waals surface area contributed by atoms with Gasteiger partial charge in [-0.25, -0.2) is 4.99 Å². The van der Waals surface area contributed by atoms with E-state index >= 15 is 0 Å². The van der Waals surface area contributed by atoms with E-state index < -0.39 is 5.91 Å². The molecule has 1 amide bonds. The third-order valence-corrected chi connectivity index (χ3v) is 1.59. The number of carbonyl (C=O) groups is 1. The van der Waals surface area contributed by atoms with Gasteiger partial charge in [-0.3, -0.25) is 4.79 Å². The molecule has 74 valence electrons. The van der Waals surface area contributed by atoms with Gasteiger partial charge in [-0.2, -0.15) is 0 Å². The average Bonchev–Trinajstić information content (AvgIpc) is 2.15. The highest BCUT2D eigenvalue weighted by Crippen LogP contribution is 2.11. The Bertz CT molecular complexity index is 341. The zero-order valence-electron chi connectivity index (χ0n) is 8.27. The predicted octanol–water partition coefficient (Wildman–Crippen LogP) is 1.01. The number of benzene rings is 1. The number of nitrogens with zero attached hydrogens (tertiary/aromatic N) is 2. The second kappa shape index (κ2) is 4.41. The molecule has 0 unspecified atom stereocenters. The van der Waals surface area contributed by atoms with Crippen LogP contribution in [0.4, 0.5) is 5.69 Å². The van der Waals surface area contributed by atoms with Gasteiger partial charge in [-0.05, 0) is 24.3 Å². The summed E-state index contributed by atoms with van der Waals surface area (Å²) in [6, 6.07) is 6.82. The van der Waals surface area contributed by atoms with Crippen LogP contribution >= 0.6 is 0 Å². The van der Waals surface area contributed by atoms with Gasteiger partial charge in [0.25, 0.3) is 0 Å². The number of amides is 1. The second-order valence-corrected chi connectivity index (χ2v) is 3.12. The van der Waals surface area contributed by atoms with E-state index in [1.165, 1.54) is 0 Å². The average molecular weight is 191 g/mol. The third-order valence-electron chi connectivity index (χ3n) is 1.59. The molecule has 0 aliphatic heterocycles. The highest BCUT2D eigenvalue weighted by Gasteiger charge is 1.97. The molecule has 4 nitrogen and oxygen atoms in total. The van der Waals surface area contributed by atoms with Gasteiger partial charge >= 0.3 is 0 Å². The first-order valence-corrected chi connectivity index (χ1v) is 4.20. The topological polar surface area (TPSA) is 58.7 Å². The molecule has 0 bridgehead atoms. The monoisotopic (exact) mass is 191 g/mol. The highest BCUT2D eigenvalue weighted by atomic mass is 16.1. The molecular formula is C10H13N3O. The van der Waals surface area contributed by atoms with Crippen molar-refractivity contribution in [2.24, 2.45) is 10.7 Å². The molecule has 0 spiro atoms. The molecule has 0 aromatic heterocycles. The van der Waals surface area contributed by atoms with Crippen molar-refractivity contribution in [2.45, 2.75) is 0 Å². The van der Waals surface area contributed by atoms with E-state index in [9.17, 15) is 4.79 Å². The third kappa shape index (κ3) is 2.90. The van der Waals surface area contributed by atoms with Gasteiger partial charge < -0.3 is 10.6 Å². The Hall–Kier alpha value is -1.84. The van der Waals surface area contributed by atoms with Crippen LogP contribution in [-0.4, -0.2) is 31.2 Å². The summed E-state index contributed by atoms with van der Waals surface area (Å²) in [5.74, 6) is -0.423. The Labute approximate surface area is 83.0 Å². The van der Waals surface area contributed by atoms with Crippen molar-refractivity contribution in [3.8, 4) is 0 Å². The lowest BCUT2D eigenvalue weighted by Gasteiger charge is -2.02. The minimum Gasteiger partial charge on any atom is -0.369 e. The molecule has 0 saturated carbocycles. The number of nitrogens with two attached hydrogens (primary N) is 1. The van der Waals surface area contributed by atoms with Crippen LogP contribution in [0.2, 0.25) is 0 Å². The minimum absolute atomic E-state index is 0.423. The molecule has 1 aromatic rings. The van der Waals surface area contributed by atoms with Gasteiger partial charge in [0.1, 0.15) is 0 Å². The fourth-order valence-electron chi connectivity index (χ4n) is 0.894. The van der Waals surface area contributed by atoms with Crippen LogP contribution in [0.1, 0.15) is 10.4 Å². The summed E-state index contributed by atoms with van der Waals surface area (Å²) in [6.45, 7) is 0. The summed E-state index contributed by atoms with van der Waals surface area (Å²) in [4.78, 5) is 16.7. The molecule has 0 fully saturated rings. The van der Waals surface area contributed by atoms with Crippen LogP contribution in [0.15, 0.2) is 29.3 Å². The molecule has 0 radical (unpaired) electrons. The van der Waals surface area contributed by atoms with Crippen molar-refractivity contribution in [1.29, 1.82) is 0 Å². The number of primary amides is 1. The van der Waals surface area contributed by atoms with Crippen molar-refractivity contribution in [1.82, 2.24) is 4.90 Å². The first kappa shape index (κ1) is 10.2. The largest absolute Gasteiger partial charge is 0.369 e. The van der Waals surface area contributed by atoms with Crippen LogP contribution in [-0.2, 0) is 0 Å². The van der Waals surface area contributed by atoms with Crippen LogP contribution in [0.5, 0.6) is 0 Å². The van der Waals surface area contributed by atoms with Crippen LogP contribution in [0, 0.1) is 0 Å². The van der Waals surface area contributed by atoms with Gasteiger partial charge in [0.15, 0.2) is 0 Å². The van der Waals surface area contributed by atoms with Gasteiger partial charge in [0, 0.05) is 19.7 Å². The standard InChI is InChI=1S/C10H13N3O/c1-13(2)7-12-9-5-3-8(4-6-9)10(11)14/h3-7H,1-2H3,(H2,11,14). The van der Waals surface area contributed by atoms with Crippen molar-refractivity contribution in [3.63, 3.8) is 0 Å². The lowest BCUT2D eigenvalue weighted by Crippen LogP contribution is -2.10. The Balaban J connectivity index is 2.78. The smallest absolute Gasteiger partial charge is 0.248 e. The number of rotatable bonds is 3. The molecule has 2 N–H and O–H groups in total. The van der Waals surface area contributed by atoms with Gasteiger partial charge in [0.2, 0.25) is 5.91 Å². The normalized spacial score (nSPS) is 10.4. The summed E-state index contributed by atoms with van der Waals surface area (Å²) in [5.41, 5.74) is 6.39. The van der Waals surface area contributed by atoms with E-state index in [2.05, 4.69) is 4.99 Å². The van der Waals surface area contributed by atoms with E-state index in [-0.39, 0.29) is 0 Å². The molecular weight excluding hydrogens is 178 g/mol. The van der Waals surface area contributed by atoms with E-state index in [1.807, 2.05) is 19.0 Å². The highest BCUT2D eigenvalue weighted by molar-refractivity contribution is 5.93. The van der Waals surface area contributed by atoms with Crippen LogP contribution in [0.25, 0.3) is 0 Å². The zero-order valence-corrected chi connectivity index (χ0v) is 8.27. The fraction of sp³-hybridized carbons (Fsp3) is 0.200. The lowest BCUT2D eigenvalue weighted by molar-refractivity contribution is 0.100. The van der Waals surface area contributed by atoms with E-state index in [0.29, 0.717) is 5.56 Å². The Morgan fingerprint density at radius 3 is 2.36 bits per heavy atom. The summed E-state index contributed by atoms with van der Waals surface area (Å²) in [7, 11) is 3.78. The maximum atomic E-state index is 10.8. The van der Waals surface area contributed by atoms with Crippen LogP contribution in [0.3, 0.4) is 0 Å². The molecule has 14 heavy (non-hydrogen) atoms. The van der Waals surface area contributed by atoms with E-state index in [1.54, 1.807) is 30.6 Å². The summed E-state index contributed by atoms with van der Waals surface area (Å²) >= 11 is 0. The van der Waals surface area contributed by atoms with Crippen molar-refractivity contribution in [2.75, 3.05) is 14.1 Å². The zero-order chi connectivity index (χ0) is 10.6. The molecule has 0 atom stereocenters. The number of hydrogen-bond donors (Lipinski definition) is 1. The quantitative estimate of drug-likeness (QED) is 0.572. The van der Waals surface area contributed by atoms with Crippen molar-refractivity contribution >= 4 is 17.9 Å². The second-order valence-electron chi connectivity index (χ2n) is 3.12. The molecule has 0 aliphatic rings. The van der Waals surface area contributed by atoms with Crippen molar-refractivity contribution < 1.29 is 4.79 Å². The van der Waals surface area contributed by atoms with E-state index in [4.69, 9.17) is 5.73 Å². The molecule has 0 saturated heterocycles. The maximum Gasteiger partial charge on any atom is 0.248 e. The molecule has 0 aliphatic carbocycles. The van der Waals surface area contributed by atoms with Gasteiger partial charge in [-0.15, -0.1) is 0 Å². The Morgan fingerprint density at radius 1 is 1.36 bits per heavy atom. The molecule has 1 aromatic carbocycles. The Kier molecular flexibility index (Phi) is 3.23. The van der Waals surface area contributed by atoms with Gasteiger partial charge in [0.05, 0.1) is 12.0 Å². The first-order valence-electron chi connectivity index (χ1n) is 4.20. The summed E-state index contributed by atoms with van der Waals surface area (Å²) < 4.78 is 0. The predicted molar refractivity (Wildman–Crippen MR) is 56.8 cm³/mol. The summed E-state index contributed by atoms with van der Waals surface area (Å²) in [6.07, 6.45) is 1.69. The minimum atomic E-state index is -0.423. The first-order chi connectivity index (χ1) is 6.59.